The van der Waals surface area contributed by atoms with Gasteiger partial charge in [0.05, 0.1) is 12.6 Å². The van der Waals surface area contributed by atoms with Crippen LogP contribution in [0.25, 0.3) is 0 Å². The van der Waals surface area contributed by atoms with Gasteiger partial charge in [0.25, 0.3) is 5.91 Å². The number of rotatable bonds is 13. The number of carbonyl (C=O) groups excluding carboxylic acids is 5. The minimum atomic E-state index is -1.10. The fraction of sp³-hybridized carbons (Fsp3) is 0.594. The van der Waals surface area contributed by atoms with E-state index in [-0.39, 0.29) is 24.4 Å². The van der Waals surface area contributed by atoms with Gasteiger partial charge in [-0.15, -0.1) is 0 Å². The molecule has 0 aromatic heterocycles. The molecule has 0 bridgehead atoms. The molecule has 2 saturated carbocycles. The number of urea groups is 1. The summed E-state index contributed by atoms with van der Waals surface area (Å²) in [7, 11) is 0. The standard InChI is InChI=1S/C32H47N5O5/c1-21(2)26(35-30(42)36-31(3,4)5)29(41)37(20-32(16-9-10-17-32)23-14-7-6-8-15-23)19-25(38)34-24(27(39)28(33)40)18-22-12-11-13-22/h6-8,14-15,22,24,26H,1,9-13,16-20H2,2-5H3,(H2,33,40)(H,34,38)(H2,35,36,42)/t24?,26-/m0/s1. The van der Waals surface area contributed by atoms with E-state index < -0.39 is 47.2 Å². The second-order valence-electron chi connectivity index (χ2n) is 13.1. The number of nitrogens with one attached hydrogen (secondary N) is 3. The summed E-state index contributed by atoms with van der Waals surface area (Å²) in [6.45, 7) is 11.0. The number of hydrogen-bond acceptors (Lipinski definition) is 5. The quantitative estimate of drug-likeness (QED) is 0.209. The van der Waals surface area contributed by atoms with E-state index in [0.717, 1.165) is 50.5 Å². The Morgan fingerprint density at radius 3 is 2.14 bits per heavy atom. The van der Waals surface area contributed by atoms with Crippen LogP contribution in [0.3, 0.4) is 0 Å². The zero-order valence-corrected chi connectivity index (χ0v) is 25.5. The molecule has 5 amide bonds. The van der Waals surface area contributed by atoms with Crippen LogP contribution in [-0.4, -0.2) is 65.1 Å². The van der Waals surface area contributed by atoms with Crippen LogP contribution in [0.4, 0.5) is 4.79 Å². The first-order valence-electron chi connectivity index (χ1n) is 14.9. The van der Waals surface area contributed by atoms with Crippen LogP contribution in [0, 0.1) is 5.92 Å². The maximum atomic E-state index is 14.1. The second kappa shape index (κ2) is 14.0. The van der Waals surface area contributed by atoms with Gasteiger partial charge in [0.1, 0.15) is 6.04 Å². The Morgan fingerprint density at radius 2 is 1.64 bits per heavy atom. The van der Waals surface area contributed by atoms with Crippen LogP contribution in [0.1, 0.15) is 84.6 Å². The molecule has 10 nitrogen and oxygen atoms in total. The molecule has 1 unspecified atom stereocenters. The van der Waals surface area contributed by atoms with Gasteiger partial charge in [0.2, 0.25) is 17.6 Å². The molecule has 42 heavy (non-hydrogen) atoms. The van der Waals surface area contributed by atoms with Crippen molar-refractivity contribution in [2.75, 3.05) is 13.1 Å². The number of nitrogens with zero attached hydrogens (tertiary/aromatic N) is 1. The van der Waals surface area contributed by atoms with Crippen molar-refractivity contribution < 1.29 is 24.0 Å². The van der Waals surface area contributed by atoms with Gasteiger partial charge in [-0.05, 0) is 64.0 Å². The molecule has 2 fully saturated rings. The van der Waals surface area contributed by atoms with Gasteiger partial charge in [-0.2, -0.15) is 0 Å². The summed E-state index contributed by atoms with van der Waals surface area (Å²) < 4.78 is 0. The first-order valence-corrected chi connectivity index (χ1v) is 14.9. The highest BCUT2D eigenvalue weighted by Gasteiger charge is 2.41. The number of hydrogen-bond donors (Lipinski definition) is 4. The minimum Gasteiger partial charge on any atom is -0.363 e. The summed E-state index contributed by atoms with van der Waals surface area (Å²) in [5.74, 6) is -2.75. The predicted octanol–water partition coefficient (Wildman–Crippen LogP) is 3.10. The van der Waals surface area contributed by atoms with E-state index in [2.05, 4.69) is 22.5 Å². The van der Waals surface area contributed by atoms with Crippen molar-refractivity contribution in [3.05, 3.63) is 48.0 Å². The lowest BCUT2D eigenvalue weighted by Crippen LogP contribution is -2.58. The van der Waals surface area contributed by atoms with Crippen LogP contribution in [-0.2, 0) is 24.6 Å². The second-order valence-corrected chi connectivity index (χ2v) is 13.1. The zero-order valence-electron chi connectivity index (χ0n) is 25.5. The Bertz CT molecular complexity index is 1170. The predicted molar refractivity (Wildman–Crippen MR) is 161 cm³/mol. The van der Waals surface area contributed by atoms with E-state index in [9.17, 15) is 24.0 Å². The van der Waals surface area contributed by atoms with Crippen LogP contribution >= 0.6 is 0 Å². The van der Waals surface area contributed by atoms with E-state index in [1.807, 2.05) is 51.1 Å². The van der Waals surface area contributed by atoms with E-state index in [1.54, 1.807) is 6.92 Å². The molecule has 0 aliphatic heterocycles. The third-order valence-electron chi connectivity index (χ3n) is 8.28. The molecule has 3 rings (SSSR count). The SMILES string of the molecule is C=C(C)[C@H](NC(=O)NC(C)(C)C)C(=O)N(CC(=O)NC(CC1CCC1)C(=O)C(N)=O)CC1(c2ccccc2)CCCC1. The van der Waals surface area contributed by atoms with Crippen molar-refractivity contribution in [1.29, 1.82) is 0 Å². The molecular weight excluding hydrogens is 534 g/mol. The van der Waals surface area contributed by atoms with Crippen molar-refractivity contribution in [3.8, 4) is 0 Å². The van der Waals surface area contributed by atoms with Crippen LogP contribution in [0.15, 0.2) is 42.5 Å². The van der Waals surface area contributed by atoms with Gasteiger partial charge in [0.15, 0.2) is 0 Å². The molecule has 1 aromatic carbocycles. The van der Waals surface area contributed by atoms with Crippen molar-refractivity contribution >= 4 is 29.5 Å². The summed E-state index contributed by atoms with van der Waals surface area (Å²) in [5, 5.41) is 8.23. The first-order chi connectivity index (χ1) is 19.7. The molecule has 2 aliphatic carbocycles. The molecule has 230 valence electrons. The van der Waals surface area contributed by atoms with Gasteiger partial charge in [-0.25, -0.2) is 4.79 Å². The van der Waals surface area contributed by atoms with Crippen molar-refractivity contribution in [1.82, 2.24) is 20.9 Å². The Morgan fingerprint density at radius 1 is 1.02 bits per heavy atom. The van der Waals surface area contributed by atoms with Crippen LogP contribution in [0.2, 0.25) is 0 Å². The van der Waals surface area contributed by atoms with Gasteiger partial charge >= 0.3 is 6.03 Å². The third kappa shape index (κ3) is 8.90. The summed E-state index contributed by atoms with van der Waals surface area (Å²) in [5.41, 5.74) is 5.88. The number of ketones is 1. The highest BCUT2D eigenvalue weighted by Crippen LogP contribution is 2.42. The van der Waals surface area contributed by atoms with E-state index in [1.165, 1.54) is 4.90 Å². The maximum Gasteiger partial charge on any atom is 0.316 e. The van der Waals surface area contributed by atoms with E-state index in [0.29, 0.717) is 12.0 Å². The van der Waals surface area contributed by atoms with E-state index in [4.69, 9.17) is 5.73 Å². The number of primary amides is 1. The lowest BCUT2D eigenvalue weighted by Gasteiger charge is -2.38. The number of amides is 5. The summed E-state index contributed by atoms with van der Waals surface area (Å²) in [6, 6.07) is 7.30. The highest BCUT2D eigenvalue weighted by molar-refractivity contribution is 6.37. The number of nitrogens with two attached hydrogens (primary N) is 1. The largest absolute Gasteiger partial charge is 0.363 e. The molecule has 0 radical (unpaired) electrons. The average Bonchev–Trinajstić information content (AvgIpc) is 3.36. The topological polar surface area (TPSA) is 151 Å². The molecule has 0 spiro atoms. The van der Waals surface area contributed by atoms with Crippen LogP contribution < -0.4 is 21.7 Å². The Labute approximate surface area is 249 Å². The molecule has 5 N–H and O–H groups in total. The summed E-state index contributed by atoms with van der Waals surface area (Å²) in [4.78, 5) is 66.2. The Kier molecular flexibility index (Phi) is 10.9. The fourth-order valence-electron chi connectivity index (χ4n) is 5.92. The van der Waals surface area contributed by atoms with Gasteiger partial charge in [-0.3, -0.25) is 19.2 Å². The monoisotopic (exact) mass is 581 g/mol. The Hall–Kier alpha value is -3.69. The minimum absolute atomic E-state index is 0.231. The average molecular weight is 582 g/mol. The first kappa shape index (κ1) is 32.8. The zero-order chi connectivity index (χ0) is 31.1. The van der Waals surface area contributed by atoms with Gasteiger partial charge in [0, 0.05) is 17.5 Å². The van der Waals surface area contributed by atoms with Crippen molar-refractivity contribution in [2.45, 2.75) is 102 Å². The van der Waals surface area contributed by atoms with Crippen molar-refractivity contribution in [3.63, 3.8) is 0 Å². The third-order valence-corrected chi connectivity index (χ3v) is 8.28. The van der Waals surface area contributed by atoms with E-state index >= 15 is 0 Å². The maximum absolute atomic E-state index is 14.1. The van der Waals surface area contributed by atoms with Gasteiger partial charge < -0.3 is 26.6 Å². The summed E-state index contributed by atoms with van der Waals surface area (Å²) in [6.07, 6.45) is 6.85. The van der Waals surface area contributed by atoms with Crippen molar-refractivity contribution in [2.24, 2.45) is 11.7 Å². The van der Waals surface area contributed by atoms with Crippen LogP contribution in [0.5, 0.6) is 0 Å². The fourth-order valence-corrected chi connectivity index (χ4v) is 5.92. The highest BCUT2D eigenvalue weighted by atomic mass is 16.2. The molecule has 2 atom stereocenters. The molecule has 2 aliphatic rings. The molecule has 10 heteroatoms. The number of carbonyl (C=O) groups is 5. The molecule has 0 heterocycles. The molecule has 1 aromatic rings. The number of benzene rings is 1. The Balaban J connectivity index is 1.90. The lowest BCUT2D eigenvalue weighted by molar-refractivity contribution is -0.140. The lowest BCUT2D eigenvalue weighted by atomic mass is 9.78. The number of Topliss-reactive ketones (excluding diaryl/α,β-unsaturated/α-hetero) is 1. The normalized spacial score (nSPS) is 17.7. The summed E-state index contributed by atoms with van der Waals surface area (Å²) >= 11 is 0. The smallest absolute Gasteiger partial charge is 0.316 e. The molecular formula is C32H47N5O5. The molecule has 0 saturated heterocycles. The van der Waals surface area contributed by atoms with Gasteiger partial charge in [-0.1, -0.05) is 69.0 Å².